The molecule has 0 radical (unpaired) electrons. The van der Waals surface area contributed by atoms with Gasteiger partial charge >= 0.3 is 0 Å². The first-order chi connectivity index (χ1) is 13.2. The fraction of sp³-hybridized carbons (Fsp3) is 0.231. The van der Waals surface area contributed by atoms with Crippen LogP contribution in [0.25, 0.3) is 23.3 Å². The van der Waals surface area contributed by atoms with Crippen molar-refractivity contribution in [2.75, 3.05) is 0 Å². The second kappa shape index (κ2) is 8.20. The molecule has 0 aliphatic carbocycles. The van der Waals surface area contributed by atoms with Crippen LogP contribution in [0, 0.1) is 0 Å². The summed E-state index contributed by atoms with van der Waals surface area (Å²) in [6, 6.07) is 27.5. The van der Waals surface area contributed by atoms with Crippen molar-refractivity contribution < 1.29 is 4.43 Å². The molecule has 0 aromatic heterocycles. The van der Waals surface area contributed by atoms with Crippen molar-refractivity contribution in [3.05, 3.63) is 90.0 Å². The van der Waals surface area contributed by atoms with Crippen molar-refractivity contribution in [2.45, 2.75) is 38.9 Å². The van der Waals surface area contributed by atoms with Crippen molar-refractivity contribution in [3.8, 4) is 16.9 Å². The van der Waals surface area contributed by atoms with Gasteiger partial charge in [-0.1, -0.05) is 99.7 Å². The van der Waals surface area contributed by atoms with Crippen LogP contribution in [0.3, 0.4) is 0 Å². The van der Waals surface area contributed by atoms with Crippen LogP contribution in [-0.2, 0) is 0 Å². The van der Waals surface area contributed by atoms with Gasteiger partial charge in [0.1, 0.15) is 5.75 Å². The van der Waals surface area contributed by atoms with Gasteiger partial charge in [0.25, 0.3) is 0 Å². The van der Waals surface area contributed by atoms with Crippen LogP contribution < -0.4 is 4.43 Å². The van der Waals surface area contributed by atoms with Gasteiger partial charge in [0.15, 0.2) is 0 Å². The van der Waals surface area contributed by atoms with E-state index in [4.69, 9.17) is 4.43 Å². The third-order valence-corrected chi connectivity index (χ3v) is 9.90. The Morgan fingerprint density at radius 3 is 1.61 bits per heavy atom. The molecule has 3 aromatic rings. The second-order valence-electron chi connectivity index (χ2n) is 8.75. The zero-order valence-corrected chi connectivity index (χ0v) is 18.6. The van der Waals surface area contributed by atoms with Crippen LogP contribution in [-0.4, -0.2) is 8.32 Å². The summed E-state index contributed by atoms with van der Waals surface area (Å²) in [4.78, 5) is 0. The maximum absolute atomic E-state index is 6.35. The molecule has 0 atom stereocenters. The summed E-state index contributed by atoms with van der Waals surface area (Å²) in [5.74, 6) is 0.968. The van der Waals surface area contributed by atoms with Gasteiger partial charge in [0.2, 0.25) is 8.32 Å². The third kappa shape index (κ3) is 5.02. The summed E-state index contributed by atoms with van der Waals surface area (Å²) in [6.45, 7) is 11.3. The predicted molar refractivity (Wildman–Crippen MR) is 125 cm³/mol. The highest BCUT2D eigenvalue weighted by Gasteiger charge is 2.38. The van der Waals surface area contributed by atoms with E-state index < -0.39 is 8.32 Å². The lowest BCUT2D eigenvalue weighted by Crippen LogP contribution is -2.43. The molecule has 0 N–H and O–H groups in total. The fourth-order valence-electron chi connectivity index (χ4n) is 2.70. The summed E-state index contributed by atoms with van der Waals surface area (Å²) in [5.41, 5.74) is 4.86. The molecule has 144 valence electrons. The molecule has 0 aliphatic rings. The molecule has 0 aliphatic heterocycles. The van der Waals surface area contributed by atoms with Crippen molar-refractivity contribution in [2.24, 2.45) is 0 Å². The molecule has 2 heteroatoms. The predicted octanol–water partition coefficient (Wildman–Crippen LogP) is 7.91. The van der Waals surface area contributed by atoms with Crippen LogP contribution in [0.2, 0.25) is 18.1 Å². The van der Waals surface area contributed by atoms with Gasteiger partial charge in [0.05, 0.1) is 0 Å². The van der Waals surface area contributed by atoms with E-state index in [0.29, 0.717) is 0 Å². The van der Waals surface area contributed by atoms with Crippen molar-refractivity contribution in [1.82, 2.24) is 0 Å². The van der Waals surface area contributed by atoms with Crippen molar-refractivity contribution in [1.29, 1.82) is 0 Å². The van der Waals surface area contributed by atoms with E-state index in [1.54, 1.807) is 0 Å². The van der Waals surface area contributed by atoms with E-state index in [1.807, 2.05) is 6.07 Å². The lowest BCUT2D eigenvalue weighted by molar-refractivity contribution is 0.492. The first kappa shape index (κ1) is 20.2. The van der Waals surface area contributed by atoms with E-state index in [0.717, 1.165) is 5.75 Å². The van der Waals surface area contributed by atoms with Gasteiger partial charge in [-0.3, -0.25) is 0 Å². The molecule has 3 aromatic carbocycles. The second-order valence-corrected chi connectivity index (χ2v) is 13.5. The molecule has 0 saturated heterocycles. The molecule has 0 heterocycles. The quantitative estimate of drug-likeness (QED) is 0.320. The molecular formula is C26H30OSi. The third-order valence-electron chi connectivity index (χ3n) is 5.55. The van der Waals surface area contributed by atoms with E-state index >= 15 is 0 Å². The van der Waals surface area contributed by atoms with E-state index in [1.165, 1.54) is 22.3 Å². The minimum Gasteiger partial charge on any atom is -0.544 e. The zero-order valence-electron chi connectivity index (χ0n) is 17.6. The molecule has 0 bridgehead atoms. The van der Waals surface area contributed by atoms with Crippen LogP contribution in [0.15, 0.2) is 78.9 Å². The lowest BCUT2D eigenvalue weighted by Gasteiger charge is -2.36. The monoisotopic (exact) mass is 386 g/mol. The Hall–Kier alpha value is -2.58. The summed E-state index contributed by atoms with van der Waals surface area (Å²) >= 11 is 0. The SMILES string of the molecule is CC(C)(C)[Si](C)(C)Oc1ccc(/C=C\c2ccc(-c3ccccc3)cc2)cc1. The Balaban J connectivity index is 1.66. The fourth-order valence-corrected chi connectivity index (χ4v) is 3.74. The Morgan fingerprint density at radius 1 is 0.643 bits per heavy atom. The molecular weight excluding hydrogens is 356 g/mol. The van der Waals surface area contributed by atoms with Gasteiger partial charge in [-0.15, -0.1) is 0 Å². The van der Waals surface area contributed by atoms with E-state index in [-0.39, 0.29) is 5.04 Å². The molecule has 0 spiro atoms. The Bertz CT molecular complexity index is 915. The molecule has 0 saturated carbocycles. The normalized spacial score (nSPS) is 12.3. The first-order valence-corrected chi connectivity index (χ1v) is 12.8. The maximum Gasteiger partial charge on any atom is 0.250 e. The van der Waals surface area contributed by atoms with E-state index in [9.17, 15) is 0 Å². The molecule has 3 rings (SSSR count). The van der Waals surface area contributed by atoms with Crippen LogP contribution in [0.4, 0.5) is 0 Å². The highest BCUT2D eigenvalue weighted by molar-refractivity contribution is 6.74. The lowest BCUT2D eigenvalue weighted by atomic mass is 10.0. The Morgan fingerprint density at radius 2 is 1.11 bits per heavy atom. The van der Waals surface area contributed by atoms with Gasteiger partial charge in [-0.2, -0.15) is 0 Å². The smallest absolute Gasteiger partial charge is 0.250 e. The molecule has 0 amide bonds. The van der Waals surface area contributed by atoms with Gasteiger partial charge in [-0.25, -0.2) is 0 Å². The number of hydrogen-bond donors (Lipinski definition) is 0. The van der Waals surface area contributed by atoms with Crippen LogP contribution in [0.1, 0.15) is 31.9 Å². The highest BCUT2D eigenvalue weighted by Crippen LogP contribution is 2.37. The minimum absolute atomic E-state index is 0.206. The average molecular weight is 387 g/mol. The van der Waals surface area contributed by atoms with Crippen LogP contribution >= 0.6 is 0 Å². The largest absolute Gasteiger partial charge is 0.544 e. The van der Waals surface area contributed by atoms with Crippen molar-refractivity contribution in [3.63, 3.8) is 0 Å². The summed E-state index contributed by atoms with van der Waals surface area (Å²) in [6.07, 6.45) is 4.30. The maximum atomic E-state index is 6.35. The molecule has 0 fully saturated rings. The Kier molecular flexibility index (Phi) is 5.90. The van der Waals surface area contributed by atoms with Crippen LogP contribution in [0.5, 0.6) is 5.75 Å². The first-order valence-electron chi connectivity index (χ1n) is 9.87. The number of benzene rings is 3. The van der Waals surface area contributed by atoms with Gasteiger partial charge in [0, 0.05) is 0 Å². The molecule has 28 heavy (non-hydrogen) atoms. The van der Waals surface area contributed by atoms with Gasteiger partial charge in [-0.05, 0) is 52.5 Å². The van der Waals surface area contributed by atoms with Crippen molar-refractivity contribution >= 4 is 20.5 Å². The minimum atomic E-state index is -1.79. The number of hydrogen-bond acceptors (Lipinski definition) is 1. The topological polar surface area (TPSA) is 9.23 Å². The summed E-state index contributed by atoms with van der Waals surface area (Å²) in [5, 5.41) is 0.206. The molecule has 0 unspecified atom stereocenters. The molecule has 1 nitrogen and oxygen atoms in total. The zero-order chi connectivity index (χ0) is 20.2. The summed E-state index contributed by atoms with van der Waals surface area (Å²) in [7, 11) is -1.79. The summed E-state index contributed by atoms with van der Waals surface area (Å²) < 4.78 is 6.35. The Labute approximate surface area is 170 Å². The standard InChI is InChI=1S/C26H30OSi/c1-26(2,3)28(4,5)27-25-19-15-22(16-20-25)12-11-21-13-17-24(18-14-21)23-9-7-6-8-10-23/h6-20H,1-5H3/b12-11-. The average Bonchev–Trinajstić information content (AvgIpc) is 2.67. The van der Waals surface area contributed by atoms with Gasteiger partial charge < -0.3 is 4.43 Å². The number of rotatable bonds is 5. The van der Waals surface area contributed by atoms with E-state index in [2.05, 4.69) is 119 Å². The highest BCUT2D eigenvalue weighted by atomic mass is 28.4.